The zero-order chi connectivity index (χ0) is 27.2. The third kappa shape index (κ3) is 18.9. The van der Waals surface area contributed by atoms with Crippen molar-refractivity contribution in [3.05, 3.63) is 29.6 Å². The molecule has 1 aromatic heterocycles. The third-order valence-corrected chi connectivity index (χ3v) is 5.51. The molecule has 0 saturated carbocycles. The van der Waals surface area contributed by atoms with Gasteiger partial charge in [-0.1, -0.05) is 6.07 Å². The summed E-state index contributed by atoms with van der Waals surface area (Å²) < 4.78 is 67.9. The third-order valence-electron chi connectivity index (χ3n) is 5.51. The lowest BCUT2D eigenvalue weighted by Crippen LogP contribution is -3.11. The van der Waals surface area contributed by atoms with Gasteiger partial charge in [0.25, 0.3) is 0 Å². The predicted molar refractivity (Wildman–Crippen MR) is 99.4 cm³/mol. The first kappa shape index (κ1) is 32.7. The van der Waals surface area contributed by atoms with Gasteiger partial charge >= 0.3 is 5.97 Å². The molecule has 0 aromatic carbocycles. The zero-order valence-corrected chi connectivity index (χ0v) is 21.2. The number of aromatic nitrogens is 1. The zero-order valence-electron chi connectivity index (χ0n) is 19.7. The van der Waals surface area contributed by atoms with E-state index in [4.69, 9.17) is 42.4 Å². The maximum Gasteiger partial charge on any atom is 0.354 e. The lowest BCUT2D eigenvalue weighted by Gasteiger charge is -2.32. The van der Waals surface area contributed by atoms with Crippen LogP contribution in [0.15, 0.2) is 18.2 Å². The number of carboxylic acids is 1. The number of hydrogen-bond acceptors (Lipinski definition) is 12. The van der Waals surface area contributed by atoms with Crippen LogP contribution in [0.5, 0.6) is 0 Å². The van der Waals surface area contributed by atoms with E-state index in [0.29, 0.717) is 0 Å². The number of carboxylic acid groups (broad SMARTS) is 1. The summed E-state index contributed by atoms with van der Waals surface area (Å²) in [4.78, 5) is 22.2. The summed E-state index contributed by atoms with van der Waals surface area (Å²) in [6.45, 7) is 12.5. The normalized spacial score (nSPS) is 23.8. The van der Waals surface area contributed by atoms with Gasteiger partial charge in [-0.15, -0.1) is 20.5 Å². The molecular weight excluding hydrogens is 529 g/mol. The van der Waals surface area contributed by atoms with Crippen LogP contribution in [0.2, 0.25) is 0 Å². The van der Waals surface area contributed by atoms with Crippen LogP contribution in [0.1, 0.15) is 29.0 Å². The van der Waals surface area contributed by atoms with Crippen LogP contribution < -0.4 is 47.5 Å². The summed E-state index contributed by atoms with van der Waals surface area (Å²) in [5.41, 5.74) is 1.03. The highest BCUT2D eigenvalue weighted by Crippen LogP contribution is 2.00. The number of hydrogen-bond donors (Lipinski definition) is 3. The number of pyridine rings is 1. The monoisotopic (exact) mass is 561 g/mol. The second kappa shape index (κ2) is 16.5. The van der Waals surface area contributed by atoms with Crippen molar-refractivity contribution in [2.75, 3.05) is 65.4 Å². The Hall–Kier alpha value is -1.28. The second-order valence-corrected chi connectivity index (χ2v) is 9.77. The van der Waals surface area contributed by atoms with Crippen molar-refractivity contribution in [1.29, 1.82) is 0 Å². The summed E-state index contributed by atoms with van der Waals surface area (Å²) >= 11 is 0. The Labute approximate surface area is 213 Å². The highest BCUT2D eigenvalue weighted by atomic mass is 35.7. The number of halogens is 2. The van der Waals surface area contributed by atoms with E-state index in [9.17, 15) is 4.79 Å². The second-order valence-electron chi connectivity index (χ2n) is 8.26. The number of carbonyl (C=O) groups is 1. The molecule has 3 atom stereocenters. The van der Waals surface area contributed by atoms with Crippen molar-refractivity contribution < 1.29 is 77.9 Å². The van der Waals surface area contributed by atoms with Gasteiger partial charge < -0.3 is 15.3 Å². The first-order chi connectivity index (χ1) is 16.7. The van der Waals surface area contributed by atoms with Gasteiger partial charge in [0.05, 0.1) is 31.9 Å². The fourth-order valence-corrected chi connectivity index (χ4v) is 3.96. The van der Waals surface area contributed by atoms with E-state index in [1.54, 1.807) is 6.07 Å². The van der Waals surface area contributed by atoms with Crippen molar-refractivity contribution in [2.24, 2.45) is 0 Å². The number of nitrogens with two attached hydrogens (primary N) is 1. The lowest BCUT2D eigenvalue weighted by molar-refractivity contribution is -2.00. The number of quaternary nitrogens is 2. The van der Waals surface area contributed by atoms with Crippen LogP contribution in [0, 0.1) is 20.5 Å². The Balaban J connectivity index is 0.000000550. The smallest absolute Gasteiger partial charge is 0.354 e. The quantitative estimate of drug-likeness (QED) is 0.309. The Morgan fingerprint density at radius 2 is 1.44 bits per heavy atom. The van der Waals surface area contributed by atoms with E-state index in [1.807, 2.05) is 12.1 Å². The Morgan fingerprint density at radius 3 is 2.06 bits per heavy atom. The first-order valence-corrected chi connectivity index (χ1v) is 13.7. The number of nitrogens with zero attached hydrogens (tertiary/aromatic N) is 3. The summed E-state index contributed by atoms with van der Waals surface area (Å²) in [5, 5.41) is 11.6. The number of rotatable bonds is 3. The molecule has 0 aliphatic carbocycles. The van der Waals surface area contributed by atoms with Crippen molar-refractivity contribution in [3.63, 3.8) is 0 Å². The molecule has 0 amide bonds. The van der Waals surface area contributed by atoms with Crippen LogP contribution in [-0.2, 0) is 6.54 Å². The minimum Gasteiger partial charge on any atom is -0.477 e. The first-order valence-electron chi connectivity index (χ1n) is 11.2. The van der Waals surface area contributed by atoms with Crippen LogP contribution in [-0.4, -0.2) is 91.3 Å². The molecule has 3 rings (SSSR count). The van der Waals surface area contributed by atoms with Crippen molar-refractivity contribution in [1.82, 2.24) is 14.8 Å². The molecule has 0 spiro atoms. The molecule has 17 heteroatoms. The largest absolute Gasteiger partial charge is 0.477 e. The maximum absolute atomic E-state index is 11.2. The predicted octanol–water partition coefficient (Wildman–Crippen LogP) is -11.4. The minimum absolute atomic E-state index is 0.147. The van der Waals surface area contributed by atoms with Crippen LogP contribution in [0.4, 0.5) is 0 Å². The van der Waals surface area contributed by atoms with E-state index >= 15 is 0 Å². The van der Waals surface area contributed by atoms with Gasteiger partial charge in [-0.05, 0) is 12.1 Å². The SMILES string of the molecule is O=C(O)c1cccc(C[NH+]2CCCN3CC[NH2+]CCCN(CC3)CC2)n1.[O-][Cl+3]([O-])([O-])[O-].[O-][Cl+3]([O-])([O-])[O-]. The molecule has 208 valence electrons. The van der Waals surface area contributed by atoms with Crippen molar-refractivity contribution in [2.45, 2.75) is 19.4 Å². The topological polar surface area (TPSA) is 262 Å². The molecular formula is C19H33Cl2N5O10. The van der Waals surface area contributed by atoms with Gasteiger partial charge in [-0.2, -0.15) is 0 Å². The van der Waals surface area contributed by atoms with E-state index in [1.165, 1.54) is 57.0 Å². The molecule has 2 fully saturated rings. The number of aromatic carboxylic acids is 1. The van der Waals surface area contributed by atoms with Crippen molar-refractivity contribution >= 4 is 5.97 Å². The van der Waals surface area contributed by atoms with Gasteiger partial charge in [0.1, 0.15) is 12.2 Å². The molecule has 36 heavy (non-hydrogen) atoms. The molecule has 4 N–H and O–H groups in total. The van der Waals surface area contributed by atoms with E-state index in [0.717, 1.165) is 38.4 Å². The van der Waals surface area contributed by atoms with Gasteiger partial charge in [-0.25, -0.2) is 47.1 Å². The molecule has 3 unspecified atom stereocenters. The van der Waals surface area contributed by atoms with Crippen LogP contribution >= 0.6 is 0 Å². The summed E-state index contributed by atoms with van der Waals surface area (Å²) in [6.07, 6.45) is 2.45. The molecule has 2 aliphatic rings. The number of nitrogens with one attached hydrogen (secondary N) is 1. The summed E-state index contributed by atoms with van der Waals surface area (Å²) in [7, 11) is -9.89. The minimum atomic E-state index is -4.94. The molecule has 0 radical (unpaired) electrons. The molecule has 3 heterocycles. The Kier molecular flexibility index (Phi) is 15.0. The van der Waals surface area contributed by atoms with Gasteiger partial charge in [0.2, 0.25) is 0 Å². The fraction of sp³-hybridized carbons (Fsp3) is 0.684. The molecule has 2 saturated heterocycles. The van der Waals surface area contributed by atoms with E-state index in [2.05, 4.69) is 20.1 Å². The molecule has 1 aromatic rings. The Morgan fingerprint density at radius 1 is 0.861 bits per heavy atom. The van der Waals surface area contributed by atoms with Crippen molar-refractivity contribution in [3.8, 4) is 0 Å². The van der Waals surface area contributed by atoms with E-state index in [-0.39, 0.29) is 5.69 Å². The average Bonchev–Trinajstić information content (AvgIpc) is 2.74. The van der Waals surface area contributed by atoms with Gasteiger partial charge in [0, 0.05) is 52.1 Å². The van der Waals surface area contributed by atoms with Gasteiger partial charge in [0.15, 0.2) is 0 Å². The maximum atomic E-state index is 11.2. The lowest BCUT2D eigenvalue weighted by atomic mass is 10.2. The average molecular weight is 562 g/mol. The summed E-state index contributed by atoms with van der Waals surface area (Å²) in [5.74, 6) is -0.948. The van der Waals surface area contributed by atoms with Gasteiger partial charge in [-0.3, -0.25) is 9.80 Å². The fourth-order valence-electron chi connectivity index (χ4n) is 3.96. The highest BCUT2D eigenvalue weighted by molar-refractivity contribution is 5.85. The molecule has 15 nitrogen and oxygen atoms in total. The number of fused-ring (bicyclic) bond motifs is 3. The van der Waals surface area contributed by atoms with Crippen LogP contribution in [0.3, 0.4) is 0 Å². The Bertz CT molecular complexity index is 745. The molecule has 2 aliphatic heterocycles. The summed E-state index contributed by atoms with van der Waals surface area (Å²) in [6, 6.07) is 5.33. The van der Waals surface area contributed by atoms with Crippen LogP contribution in [0.25, 0.3) is 0 Å². The molecule has 2 bridgehead atoms. The standard InChI is InChI=1S/C19H31N5O2.2ClHO4/c25-19(26)18-5-1-4-17(21-18)16-24-10-3-9-22-11-7-20-6-2-8-23(13-12-22)14-15-24;2*2-1(3,4)5/h1,4-5,20H,2-3,6-16H2,(H,25,26);2*(H,2,3,4,5). The van der Waals surface area contributed by atoms with E-state index < -0.39 is 26.5 Å². The highest BCUT2D eigenvalue weighted by Gasteiger charge is 2.19.